The summed E-state index contributed by atoms with van der Waals surface area (Å²) in [5.74, 6) is -2.19. The lowest BCUT2D eigenvalue weighted by Gasteiger charge is -2.30. The van der Waals surface area contributed by atoms with E-state index in [-0.39, 0.29) is 22.2 Å². The number of carbonyl (C=O) groups excluding carboxylic acids is 4. The van der Waals surface area contributed by atoms with E-state index in [9.17, 15) is 27.6 Å². The molecule has 2 heterocycles. The molecule has 1 aliphatic carbocycles. The monoisotopic (exact) mass is 622 g/mol. The van der Waals surface area contributed by atoms with Crippen molar-refractivity contribution in [2.75, 3.05) is 6.54 Å². The number of amides is 4. The molecule has 1 saturated heterocycles. The summed E-state index contributed by atoms with van der Waals surface area (Å²) < 4.78 is 33.5. The molecule has 0 aromatic heterocycles. The maximum Gasteiger partial charge on any atom is 0.408 e. The van der Waals surface area contributed by atoms with Crippen molar-refractivity contribution in [3.63, 3.8) is 0 Å². The van der Waals surface area contributed by atoms with Gasteiger partial charge in [-0.15, -0.1) is 0 Å². The summed E-state index contributed by atoms with van der Waals surface area (Å²) in [6.07, 6.45) is 7.62. The van der Waals surface area contributed by atoms with Gasteiger partial charge in [-0.05, 0) is 77.5 Å². The molecule has 230 valence electrons. The quantitative estimate of drug-likeness (QED) is 0.435. The van der Waals surface area contributed by atoms with Gasteiger partial charge in [0.15, 0.2) is 0 Å². The number of allylic oxidation sites excluding steroid dienone is 1. The summed E-state index contributed by atoms with van der Waals surface area (Å²) in [6, 6.07) is 3.79. The van der Waals surface area contributed by atoms with Gasteiger partial charge >= 0.3 is 6.09 Å². The van der Waals surface area contributed by atoms with Crippen LogP contribution in [0.5, 0.6) is 0 Å². The number of nitrogens with zero attached hydrogens (tertiary/aromatic N) is 1. The van der Waals surface area contributed by atoms with E-state index in [0.29, 0.717) is 38.6 Å². The second kappa shape index (κ2) is 12.6. The van der Waals surface area contributed by atoms with Gasteiger partial charge in [-0.25, -0.2) is 17.9 Å². The van der Waals surface area contributed by atoms with Crippen LogP contribution in [-0.2, 0) is 29.1 Å². The van der Waals surface area contributed by atoms with Crippen molar-refractivity contribution in [3.05, 3.63) is 41.4 Å². The Bertz CT molecular complexity index is 1360. The van der Waals surface area contributed by atoms with Crippen LogP contribution in [0.4, 0.5) is 4.79 Å². The van der Waals surface area contributed by atoms with Crippen LogP contribution >= 0.6 is 11.6 Å². The van der Waals surface area contributed by atoms with Crippen molar-refractivity contribution < 1.29 is 32.3 Å². The SMILES string of the molecule is CC(C)(C)OC(=O)N[C@H]1CCCCC/C=C\[C@@H]2C[C@@]2(C(=O)NS(=O)(=O)c2cccc(Cl)c2)NC(=O)[C@@H]2CCCN2C1=O. The minimum absolute atomic E-state index is 0.174. The maximum absolute atomic E-state index is 13.7. The molecule has 4 amide bonds. The molecule has 1 saturated carbocycles. The molecular formula is C29H39ClN4O7S. The van der Waals surface area contributed by atoms with Crippen LogP contribution in [0, 0.1) is 5.92 Å². The van der Waals surface area contributed by atoms with E-state index in [4.69, 9.17) is 16.3 Å². The van der Waals surface area contributed by atoms with Crippen LogP contribution in [-0.4, -0.2) is 66.9 Å². The maximum atomic E-state index is 13.7. The molecule has 3 N–H and O–H groups in total. The molecule has 0 unspecified atom stereocenters. The fourth-order valence-corrected chi connectivity index (χ4v) is 6.79. The van der Waals surface area contributed by atoms with Gasteiger partial charge in [0, 0.05) is 17.5 Å². The van der Waals surface area contributed by atoms with Crippen LogP contribution in [0.2, 0.25) is 5.02 Å². The smallest absolute Gasteiger partial charge is 0.408 e. The predicted octanol–water partition coefficient (Wildman–Crippen LogP) is 3.42. The number of halogens is 1. The lowest BCUT2D eigenvalue weighted by atomic mass is 10.0. The summed E-state index contributed by atoms with van der Waals surface area (Å²) >= 11 is 5.95. The number of carbonyl (C=O) groups is 4. The van der Waals surface area contributed by atoms with Crippen LogP contribution in [0.1, 0.15) is 72.1 Å². The summed E-state index contributed by atoms with van der Waals surface area (Å²) in [5.41, 5.74) is -2.23. The second-order valence-electron chi connectivity index (χ2n) is 12.1. The molecule has 13 heteroatoms. The molecule has 0 bridgehead atoms. The summed E-state index contributed by atoms with van der Waals surface area (Å²) in [6.45, 7) is 5.51. The number of fused-ring (bicyclic) bond motifs is 2. The van der Waals surface area contributed by atoms with Crippen LogP contribution in [0.25, 0.3) is 0 Å². The van der Waals surface area contributed by atoms with E-state index in [2.05, 4.69) is 15.4 Å². The van der Waals surface area contributed by atoms with Crippen molar-refractivity contribution in [3.8, 4) is 0 Å². The normalized spacial score (nSPS) is 27.8. The van der Waals surface area contributed by atoms with Gasteiger partial charge in [0.05, 0.1) is 4.90 Å². The highest BCUT2D eigenvalue weighted by molar-refractivity contribution is 7.90. The van der Waals surface area contributed by atoms with Crippen molar-refractivity contribution >= 4 is 45.4 Å². The van der Waals surface area contributed by atoms with Crippen molar-refractivity contribution in [2.45, 2.75) is 100 Å². The Morgan fingerprint density at radius 1 is 1.12 bits per heavy atom. The molecule has 2 aliphatic heterocycles. The van der Waals surface area contributed by atoms with Crippen LogP contribution in [0.15, 0.2) is 41.3 Å². The number of hydrogen-bond acceptors (Lipinski definition) is 7. The molecule has 42 heavy (non-hydrogen) atoms. The Hall–Kier alpha value is -3.12. The molecule has 0 radical (unpaired) electrons. The van der Waals surface area contributed by atoms with E-state index in [0.717, 1.165) is 12.8 Å². The molecule has 1 aromatic rings. The van der Waals surface area contributed by atoms with Crippen molar-refractivity contribution in [1.29, 1.82) is 0 Å². The molecule has 1 aromatic carbocycles. The third-order valence-electron chi connectivity index (χ3n) is 7.66. The second-order valence-corrected chi connectivity index (χ2v) is 14.2. The lowest BCUT2D eigenvalue weighted by Crippen LogP contribution is -2.58. The van der Waals surface area contributed by atoms with Gasteiger partial charge in [-0.3, -0.25) is 14.4 Å². The first-order valence-corrected chi connectivity index (χ1v) is 16.2. The fraction of sp³-hybridized carbons (Fsp3) is 0.586. The molecule has 2 fully saturated rings. The Labute approximate surface area is 251 Å². The van der Waals surface area contributed by atoms with E-state index in [1.165, 1.54) is 29.2 Å². The highest BCUT2D eigenvalue weighted by Crippen LogP contribution is 2.45. The molecule has 0 spiro atoms. The third kappa shape index (κ3) is 7.63. The number of benzene rings is 1. The number of nitrogens with one attached hydrogen (secondary N) is 3. The largest absolute Gasteiger partial charge is 0.444 e. The fourth-order valence-electron chi connectivity index (χ4n) is 5.45. The molecule has 11 nitrogen and oxygen atoms in total. The van der Waals surface area contributed by atoms with E-state index >= 15 is 0 Å². The lowest BCUT2D eigenvalue weighted by molar-refractivity contribution is -0.141. The van der Waals surface area contributed by atoms with Gasteiger partial charge in [0.2, 0.25) is 11.8 Å². The third-order valence-corrected chi connectivity index (χ3v) is 9.22. The van der Waals surface area contributed by atoms with Crippen LogP contribution in [0.3, 0.4) is 0 Å². The van der Waals surface area contributed by atoms with Gasteiger partial charge < -0.3 is 20.3 Å². The van der Waals surface area contributed by atoms with Crippen molar-refractivity contribution in [2.24, 2.45) is 5.92 Å². The Balaban J connectivity index is 1.56. The van der Waals surface area contributed by atoms with Gasteiger partial charge in [0.1, 0.15) is 23.2 Å². The molecule has 3 aliphatic rings. The van der Waals surface area contributed by atoms with Gasteiger partial charge in [-0.2, -0.15) is 0 Å². The number of ether oxygens (including phenoxy) is 1. The summed E-state index contributed by atoms with van der Waals surface area (Å²) in [7, 11) is -4.26. The highest BCUT2D eigenvalue weighted by atomic mass is 35.5. The molecule has 4 rings (SSSR count). The number of hydrogen-bond donors (Lipinski definition) is 3. The zero-order valence-corrected chi connectivity index (χ0v) is 25.7. The zero-order chi connectivity index (χ0) is 30.7. The predicted molar refractivity (Wildman–Crippen MR) is 156 cm³/mol. The van der Waals surface area contributed by atoms with E-state index in [1.807, 2.05) is 12.2 Å². The zero-order valence-electron chi connectivity index (χ0n) is 24.2. The molecular weight excluding hydrogens is 584 g/mol. The Morgan fingerprint density at radius 3 is 2.60 bits per heavy atom. The first-order valence-electron chi connectivity index (χ1n) is 14.3. The minimum atomic E-state index is -4.26. The summed E-state index contributed by atoms with van der Waals surface area (Å²) in [4.78, 5) is 54.6. The van der Waals surface area contributed by atoms with Gasteiger partial charge in [0.25, 0.3) is 15.9 Å². The molecule has 4 atom stereocenters. The summed E-state index contributed by atoms with van der Waals surface area (Å²) in [5, 5.41) is 5.69. The topological polar surface area (TPSA) is 151 Å². The first kappa shape index (κ1) is 31.8. The van der Waals surface area contributed by atoms with Crippen LogP contribution < -0.4 is 15.4 Å². The minimum Gasteiger partial charge on any atom is -0.444 e. The van der Waals surface area contributed by atoms with Gasteiger partial charge in [-0.1, -0.05) is 42.7 Å². The first-order chi connectivity index (χ1) is 19.7. The average Bonchev–Trinajstić information content (AvgIpc) is 3.35. The Morgan fingerprint density at radius 2 is 1.88 bits per heavy atom. The number of alkyl carbamates (subject to hydrolysis) is 1. The van der Waals surface area contributed by atoms with E-state index in [1.54, 1.807) is 20.8 Å². The highest BCUT2D eigenvalue weighted by Gasteiger charge is 2.61. The van der Waals surface area contributed by atoms with Crippen molar-refractivity contribution in [1.82, 2.24) is 20.3 Å². The number of sulfonamides is 1. The Kier molecular flexibility index (Phi) is 9.56. The number of rotatable bonds is 4. The standard InChI is InChI=1S/C29H39ClN4O7S/c1-28(2,3)41-27(38)31-22-14-8-6-4-5-7-11-19-18-29(19,32-24(35)23-15-10-16-34(23)25(22)36)26(37)33-42(39,40)21-13-9-12-20(30)17-21/h7,9,11-13,17,19,22-23H,4-6,8,10,14-16,18H2,1-3H3,(H,31,38)(H,32,35)(H,33,37)/b11-7-/t19-,22+,23+,29-/m1/s1. The average molecular weight is 623 g/mol. The van der Waals surface area contributed by atoms with E-state index < -0.39 is 57.1 Å².